The van der Waals surface area contributed by atoms with Crippen molar-refractivity contribution in [2.75, 3.05) is 13.1 Å². The standard InChI is InChI=1S/C28H30ClN3/c1-19-10-14-32(15-11-19)20(2)21-6-7-24(25(29)16-21)26-17-22(8-12-30-26)23-9-13-31-27(18-23)28(3,4)5/h6-10,12-13,16-18H,2,11,14-15H2,1,3-5H3. The van der Waals surface area contributed by atoms with Crippen molar-refractivity contribution in [1.29, 1.82) is 0 Å². The molecule has 0 saturated carbocycles. The van der Waals surface area contributed by atoms with Crippen molar-refractivity contribution in [3.63, 3.8) is 0 Å². The van der Waals surface area contributed by atoms with Crippen LogP contribution in [0.2, 0.25) is 5.02 Å². The molecule has 2 aromatic heterocycles. The molecule has 1 aromatic carbocycles. The minimum absolute atomic E-state index is 0.00372. The lowest BCUT2D eigenvalue weighted by Crippen LogP contribution is -2.26. The van der Waals surface area contributed by atoms with Gasteiger partial charge in [-0.1, -0.05) is 62.7 Å². The van der Waals surface area contributed by atoms with Crippen LogP contribution in [0.4, 0.5) is 0 Å². The first-order valence-electron chi connectivity index (χ1n) is 11.0. The van der Waals surface area contributed by atoms with Gasteiger partial charge in [-0.25, -0.2) is 0 Å². The quantitative estimate of drug-likeness (QED) is 0.393. The Bertz CT molecular complexity index is 1190. The highest BCUT2D eigenvalue weighted by molar-refractivity contribution is 6.33. The van der Waals surface area contributed by atoms with Crippen LogP contribution < -0.4 is 0 Å². The van der Waals surface area contributed by atoms with Crippen molar-refractivity contribution in [3.05, 3.63) is 89.4 Å². The molecule has 4 rings (SSSR count). The number of hydrogen-bond acceptors (Lipinski definition) is 3. The number of rotatable bonds is 4. The van der Waals surface area contributed by atoms with Crippen LogP contribution in [-0.4, -0.2) is 28.0 Å². The van der Waals surface area contributed by atoms with Crippen LogP contribution >= 0.6 is 11.6 Å². The van der Waals surface area contributed by atoms with Gasteiger partial charge < -0.3 is 4.90 Å². The first-order chi connectivity index (χ1) is 15.2. The topological polar surface area (TPSA) is 29.0 Å². The summed E-state index contributed by atoms with van der Waals surface area (Å²) in [4.78, 5) is 11.4. The monoisotopic (exact) mass is 443 g/mol. The van der Waals surface area contributed by atoms with E-state index in [-0.39, 0.29) is 5.41 Å². The number of halogens is 1. The molecule has 0 aliphatic carbocycles. The van der Waals surface area contributed by atoms with Gasteiger partial charge in [0.05, 0.1) is 10.7 Å². The Balaban J connectivity index is 1.62. The molecule has 32 heavy (non-hydrogen) atoms. The molecule has 0 fully saturated rings. The molecule has 3 aromatic rings. The summed E-state index contributed by atoms with van der Waals surface area (Å²) >= 11 is 6.73. The maximum atomic E-state index is 6.73. The highest BCUT2D eigenvalue weighted by Crippen LogP contribution is 2.33. The lowest BCUT2D eigenvalue weighted by atomic mass is 9.90. The average molecular weight is 444 g/mol. The molecular weight excluding hydrogens is 414 g/mol. The van der Waals surface area contributed by atoms with E-state index >= 15 is 0 Å². The van der Waals surface area contributed by atoms with Crippen LogP contribution in [0.5, 0.6) is 0 Å². The smallest absolute Gasteiger partial charge is 0.0723 e. The summed E-state index contributed by atoms with van der Waals surface area (Å²) in [6, 6.07) is 14.5. The minimum atomic E-state index is -0.00372. The van der Waals surface area contributed by atoms with E-state index in [0.29, 0.717) is 5.02 Å². The van der Waals surface area contributed by atoms with Crippen molar-refractivity contribution in [1.82, 2.24) is 14.9 Å². The van der Waals surface area contributed by atoms with Gasteiger partial charge in [0.2, 0.25) is 0 Å². The SMILES string of the molecule is C=C(c1ccc(-c2cc(-c3ccnc(C(C)(C)C)c3)ccn2)c(Cl)c1)N1CC=C(C)CC1. The number of nitrogens with zero attached hydrogens (tertiary/aromatic N) is 3. The maximum absolute atomic E-state index is 6.73. The Morgan fingerprint density at radius 2 is 1.72 bits per heavy atom. The van der Waals surface area contributed by atoms with Gasteiger partial charge in [0.15, 0.2) is 0 Å². The van der Waals surface area contributed by atoms with E-state index < -0.39 is 0 Å². The summed E-state index contributed by atoms with van der Waals surface area (Å²) in [5.41, 5.74) is 8.57. The van der Waals surface area contributed by atoms with E-state index in [2.05, 4.69) is 73.4 Å². The zero-order valence-corrected chi connectivity index (χ0v) is 20.1. The average Bonchev–Trinajstić information content (AvgIpc) is 2.78. The fourth-order valence-electron chi connectivity index (χ4n) is 3.88. The second kappa shape index (κ2) is 8.91. The molecule has 0 unspecified atom stereocenters. The Labute approximate surface area is 196 Å². The zero-order chi connectivity index (χ0) is 22.9. The first kappa shape index (κ1) is 22.3. The predicted octanol–water partition coefficient (Wildman–Crippen LogP) is 7.38. The molecule has 0 N–H and O–H groups in total. The lowest BCUT2D eigenvalue weighted by Gasteiger charge is -2.29. The molecule has 164 valence electrons. The molecule has 4 heteroatoms. The van der Waals surface area contributed by atoms with E-state index in [4.69, 9.17) is 11.6 Å². The summed E-state index contributed by atoms with van der Waals surface area (Å²) in [5.74, 6) is 0. The first-order valence-corrected chi connectivity index (χ1v) is 11.4. The van der Waals surface area contributed by atoms with E-state index in [1.54, 1.807) is 0 Å². The maximum Gasteiger partial charge on any atom is 0.0723 e. The van der Waals surface area contributed by atoms with Crippen molar-refractivity contribution in [2.24, 2.45) is 0 Å². The lowest BCUT2D eigenvalue weighted by molar-refractivity contribution is 0.424. The van der Waals surface area contributed by atoms with Crippen LogP contribution in [-0.2, 0) is 5.41 Å². The Kier molecular flexibility index (Phi) is 6.21. The Hall–Kier alpha value is -2.91. The van der Waals surface area contributed by atoms with Crippen LogP contribution in [0.1, 0.15) is 45.4 Å². The van der Waals surface area contributed by atoms with E-state index in [1.807, 2.05) is 36.7 Å². The van der Waals surface area contributed by atoms with Crippen molar-refractivity contribution >= 4 is 17.3 Å². The summed E-state index contributed by atoms with van der Waals surface area (Å²) in [7, 11) is 0. The second-order valence-corrected chi connectivity index (χ2v) is 9.90. The van der Waals surface area contributed by atoms with E-state index in [9.17, 15) is 0 Å². The fraction of sp³-hybridized carbons (Fsp3) is 0.286. The van der Waals surface area contributed by atoms with E-state index in [0.717, 1.165) is 58.8 Å². The molecule has 0 radical (unpaired) electrons. The molecule has 0 amide bonds. The fourth-order valence-corrected chi connectivity index (χ4v) is 4.16. The van der Waals surface area contributed by atoms with Crippen LogP contribution in [0.3, 0.4) is 0 Å². The van der Waals surface area contributed by atoms with Crippen molar-refractivity contribution in [3.8, 4) is 22.4 Å². The molecule has 0 atom stereocenters. The third-order valence-electron chi connectivity index (χ3n) is 6.02. The predicted molar refractivity (Wildman–Crippen MR) is 136 cm³/mol. The number of benzene rings is 1. The third-order valence-corrected chi connectivity index (χ3v) is 6.33. The Morgan fingerprint density at radius 1 is 1.00 bits per heavy atom. The van der Waals surface area contributed by atoms with Crippen LogP contribution in [0.25, 0.3) is 28.1 Å². The molecule has 0 spiro atoms. The molecule has 1 aliphatic rings. The minimum Gasteiger partial charge on any atom is -0.367 e. The van der Waals surface area contributed by atoms with Gasteiger partial charge in [-0.2, -0.15) is 0 Å². The molecule has 3 heterocycles. The summed E-state index contributed by atoms with van der Waals surface area (Å²) in [5, 5.41) is 0.683. The van der Waals surface area contributed by atoms with Gasteiger partial charge in [0.1, 0.15) is 0 Å². The largest absolute Gasteiger partial charge is 0.367 e. The summed E-state index contributed by atoms with van der Waals surface area (Å²) < 4.78 is 0. The zero-order valence-electron chi connectivity index (χ0n) is 19.3. The van der Waals surface area contributed by atoms with Crippen molar-refractivity contribution < 1.29 is 0 Å². The molecule has 1 aliphatic heterocycles. The van der Waals surface area contributed by atoms with Gasteiger partial charge in [0.25, 0.3) is 0 Å². The van der Waals surface area contributed by atoms with Crippen molar-refractivity contribution in [2.45, 2.75) is 39.5 Å². The molecule has 0 bridgehead atoms. The summed E-state index contributed by atoms with van der Waals surface area (Å²) in [6.07, 6.45) is 7.06. The molecule has 0 saturated heterocycles. The van der Waals surface area contributed by atoms with Crippen LogP contribution in [0.15, 0.2) is 73.1 Å². The van der Waals surface area contributed by atoms with Crippen LogP contribution in [0, 0.1) is 0 Å². The molecule has 3 nitrogen and oxygen atoms in total. The Morgan fingerprint density at radius 3 is 2.38 bits per heavy atom. The highest BCUT2D eigenvalue weighted by atomic mass is 35.5. The molecular formula is C28H30ClN3. The highest BCUT2D eigenvalue weighted by Gasteiger charge is 2.17. The summed E-state index contributed by atoms with van der Waals surface area (Å²) in [6.45, 7) is 14.9. The second-order valence-electron chi connectivity index (χ2n) is 9.50. The number of aromatic nitrogens is 2. The van der Waals surface area contributed by atoms with Gasteiger partial charge in [0, 0.05) is 47.9 Å². The normalized spacial score (nSPS) is 14.3. The van der Waals surface area contributed by atoms with Gasteiger partial charge in [-0.3, -0.25) is 9.97 Å². The number of pyridine rings is 2. The van der Waals surface area contributed by atoms with Gasteiger partial charge >= 0.3 is 0 Å². The number of hydrogen-bond donors (Lipinski definition) is 0. The van der Waals surface area contributed by atoms with Gasteiger partial charge in [-0.05, 0) is 60.4 Å². The van der Waals surface area contributed by atoms with Gasteiger partial charge in [-0.15, -0.1) is 0 Å². The van der Waals surface area contributed by atoms with E-state index in [1.165, 1.54) is 5.57 Å². The third kappa shape index (κ3) is 4.78.